The summed E-state index contributed by atoms with van der Waals surface area (Å²) >= 11 is 13.2. The number of aliphatic hydroxyl groups excluding tert-OH is 1. The van der Waals surface area contributed by atoms with E-state index in [9.17, 15) is 28.2 Å². The number of aliphatic hydroxyl groups is 1. The summed E-state index contributed by atoms with van der Waals surface area (Å²) in [5.41, 5.74) is -0.797. The molecule has 0 spiro atoms. The molecule has 1 atom stereocenters. The summed E-state index contributed by atoms with van der Waals surface area (Å²) in [6, 6.07) is 7.94. The summed E-state index contributed by atoms with van der Waals surface area (Å²) in [6.07, 6.45) is -5.45. The number of amides is 1. The molecule has 2 N–H and O–H groups in total. The highest BCUT2D eigenvalue weighted by Gasteiger charge is 2.36. The van der Waals surface area contributed by atoms with Crippen molar-refractivity contribution in [2.24, 2.45) is 10.2 Å². The highest BCUT2D eigenvalue weighted by Crippen LogP contribution is 2.40. The van der Waals surface area contributed by atoms with E-state index < -0.39 is 29.5 Å². The molecule has 15 heteroatoms. The maximum absolute atomic E-state index is 14.1. The van der Waals surface area contributed by atoms with Crippen LogP contribution in [0.2, 0.25) is 5.02 Å². The maximum Gasteiger partial charge on any atom is 0.416 e. The van der Waals surface area contributed by atoms with Gasteiger partial charge in [0.1, 0.15) is 5.60 Å². The van der Waals surface area contributed by atoms with Crippen molar-refractivity contribution in [2.75, 3.05) is 31.1 Å². The normalized spacial score (nSPS) is 17.7. The number of hydrogen-bond acceptors (Lipinski definition) is 9. The van der Waals surface area contributed by atoms with Gasteiger partial charge in [0.2, 0.25) is 5.88 Å². The van der Waals surface area contributed by atoms with Crippen molar-refractivity contribution >= 4 is 56.5 Å². The number of aromatic nitrogens is 1. The number of rotatable bonds is 5. The molecule has 234 valence electrons. The molecule has 1 fully saturated rings. The van der Waals surface area contributed by atoms with Crippen LogP contribution in [0.15, 0.2) is 46.6 Å². The lowest BCUT2D eigenvalue weighted by Gasteiger charge is -2.40. The number of halogens is 5. The number of nitrogens with zero attached hydrogens (tertiary/aromatic N) is 5. The third-order valence-corrected chi connectivity index (χ3v) is 8.70. The van der Waals surface area contributed by atoms with Gasteiger partial charge in [-0.3, -0.25) is 4.90 Å². The van der Waals surface area contributed by atoms with Crippen LogP contribution in [0.1, 0.15) is 42.3 Å². The van der Waals surface area contributed by atoms with E-state index in [1.807, 2.05) is 4.90 Å². The average molecular weight is 671 g/mol. The highest BCUT2D eigenvalue weighted by molar-refractivity contribution is 7.17. The first-order chi connectivity index (χ1) is 20.6. The summed E-state index contributed by atoms with van der Waals surface area (Å²) in [5, 5.41) is 30.5. The van der Waals surface area contributed by atoms with Crippen molar-refractivity contribution in [1.82, 2.24) is 9.88 Å². The first kappa shape index (κ1) is 32.0. The van der Waals surface area contributed by atoms with Crippen molar-refractivity contribution in [1.29, 1.82) is 0 Å². The molecule has 1 saturated heterocycles. The number of thiazole rings is 1. The summed E-state index contributed by atoms with van der Waals surface area (Å²) < 4.78 is 47.6. The Bertz CT molecular complexity index is 1760. The fourth-order valence-corrected chi connectivity index (χ4v) is 6.40. The Morgan fingerprint density at radius 2 is 1.86 bits per heavy atom. The molecule has 3 heterocycles. The molecular formula is C29H28Cl2F3N5O4S. The quantitative estimate of drug-likeness (QED) is 0.399. The number of anilines is 1. The molecular weight excluding hydrogens is 642 g/mol. The summed E-state index contributed by atoms with van der Waals surface area (Å²) in [5.74, 6) is -0.373. The monoisotopic (exact) mass is 669 g/mol. The minimum absolute atomic E-state index is 0.0532. The number of alkyl halides is 3. The first-order valence-corrected chi connectivity index (χ1v) is 15.1. The molecule has 5 rings (SSSR count). The first-order valence-electron chi connectivity index (χ1n) is 13.5. The fourth-order valence-electron chi connectivity index (χ4n) is 4.98. The summed E-state index contributed by atoms with van der Waals surface area (Å²) in [4.78, 5) is 20.6. The molecule has 0 bridgehead atoms. The lowest BCUT2D eigenvalue weighted by atomic mass is 9.96. The zero-order valence-electron chi connectivity index (χ0n) is 23.8. The Morgan fingerprint density at radius 1 is 1.11 bits per heavy atom. The van der Waals surface area contributed by atoms with Crippen molar-refractivity contribution in [2.45, 2.75) is 45.0 Å². The SMILES string of the molecule is CC(C)(C)OC(=O)N1CCN(c2nc(O)c(C(Cc3ccc(Cl)cc3C(F)(F)F)=c3ccc4c(c3)C(Cl)=NN=4)s2)C[C@@H]1CO. The fraction of sp³-hybridized carbons (Fsp3) is 0.379. The lowest BCUT2D eigenvalue weighted by Crippen LogP contribution is -2.57. The zero-order valence-corrected chi connectivity index (χ0v) is 26.2. The standard InChI is InChI=1S/C29H28Cl2F3N5O4S/c1-28(2,3)43-27(42)39-9-8-38(13-18(39)14-40)26-35-25(41)23(44-26)19(15-5-7-22-20(10-15)24(31)37-36-22)11-16-4-6-17(30)12-21(16)29(32,33)34/h4-7,10,12,18,40-41H,8-9,11,13-14H2,1-3H3/t18-/m1/s1. The predicted octanol–water partition coefficient (Wildman–Crippen LogP) is 4.91. The van der Waals surface area contributed by atoms with Crippen molar-refractivity contribution in [3.05, 3.63) is 73.6 Å². The van der Waals surface area contributed by atoms with Crippen LogP contribution in [0.3, 0.4) is 0 Å². The Balaban J connectivity index is 1.55. The van der Waals surface area contributed by atoms with Crippen LogP contribution in [-0.2, 0) is 17.3 Å². The van der Waals surface area contributed by atoms with Gasteiger partial charge in [0.25, 0.3) is 0 Å². The molecule has 0 aliphatic carbocycles. The molecule has 0 radical (unpaired) electrons. The van der Waals surface area contributed by atoms with E-state index >= 15 is 0 Å². The molecule has 2 aromatic carbocycles. The number of aromatic hydroxyl groups is 1. The minimum Gasteiger partial charge on any atom is -0.492 e. The van der Waals surface area contributed by atoms with Gasteiger partial charge in [-0.2, -0.15) is 18.2 Å². The van der Waals surface area contributed by atoms with Gasteiger partial charge in [-0.25, -0.2) is 4.79 Å². The molecule has 0 unspecified atom stereocenters. The number of ether oxygens (including phenoxy) is 1. The van der Waals surface area contributed by atoms with Crippen LogP contribution in [0.25, 0.3) is 5.57 Å². The number of piperazine rings is 1. The van der Waals surface area contributed by atoms with E-state index in [4.69, 9.17) is 27.9 Å². The molecule has 1 amide bonds. The molecule has 9 nitrogen and oxygen atoms in total. The van der Waals surface area contributed by atoms with Crippen molar-refractivity contribution < 1.29 is 32.9 Å². The Hall–Kier alpha value is -3.39. The molecule has 1 aromatic heterocycles. The number of benzene rings is 2. The van der Waals surface area contributed by atoms with Gasteiger partial charge in [0, 0.05) is 36.6 Å². The second-order valence-corrected chi connectivity index (χ2v) is 13.1. The van der Waals surface area contributed by atoms with Crippen LogP contribution in [0.4, 0.5) is 23.1 Å². The summed E-state index contributed by atoms with van der Waals surface area (Å²) in [7, 11) is 0. The zero-order chi connectivity index (χ0) is 32.0. The molecule has 3 aromatic rings. The van der Waals surface area contributed by atoms with Gasteiger partial charge >= 0.3 is 12.3 Å². The molecule has 2 aliphatic heterocycles. The van der Waals surface area contributed by atoms with E-state index in [0.29, 0.717) is 33.4 Å². The number of fused-ring (bicyclic) bond motifs is 1. The minimum atomic E-state index is -4.67. The molecule has 2 aliphatic rings. The van der Waals surface area contributed by atoms with Gasteiger partial charge in [-0.15, -0.1) is 10.2 Å². The third-order valence-electron chi connectivity index (χ3n) is 7.02. The van der Waals surface area contributed by atoms with Crippen molar-refractivity contribution in [3.8, 4) is 5.88 Å². The van der Waals surface area contributed by atoms with Crippen LogP contribution in [0.5, 0.6) is 5.88 Å². The van der Waals surface area contributed by atoms with Crippen LogP contribution in [0, 0.1) is 0 Å². The van der Waals surface area contributed by atoms with E-state index in [1.54, 1.807) is 39.0 Å². The third kappa shape index (κ3) is 6.80. The van der Waals surface area contributed by atoms with Gasteiger partial charge in [0.05, 0.1) is 28.4 Å². The molecule has 44 heavy (non-hydrogen) atoms. The van der Waals surface area contributed by atoms with Gasteiger partial charge in [0.15, 0.2) is 10.3 Å². The van der Waals surface area contributed by atoms with E-state index in [0.717, 1.165) is 17.4 Å². The average Bonchev–Trinajstić information content (AvgIpc) is 3.52. The van der Waals surface area contributed by atoms with E-state index in [2.05, 4.69) is 15.2 Å². The van der Waals surface area contributed by atoms with Gasteiger partial charge < -0.3 is 19.8 Å². The Morgan fingerprint density at radius 3 is 2.55 bits per heavy atom. The largest absolute Gasteiger partial charge is 0.492 e. The maximum atomic E-state index is 14.1. The van der Waals surface area contributed by atoms with E-state index in [-0.39, 0.29) is 52.6 Å². The van der Waals surface area contributed by atoms with Crippen LogP contribution >= 0.6 is 34.5 Å². The molecule has 0 saturated carbocycles. The van der Waals surface area contributed by atoms with Crippen molar-refractivity contribution in [3.63, 3.8) is 0 Å². The van der Waals surface area contributed by atoms with Crippen LogP contribution < -0.4 is 15.5 Å². The van der Waals surface area contributed by atoms with Crippen LogP contribution in [-0.4, -0.2) is 69.2 Å². The number of hydrogen-bond donors (Lipinski definition) is 2. The number of carbonyl (C=O) groups excluding carboxylic acids is 1. The lowest BCUT2D eigenvalue weighted by molar-refractivity contribution is -0.138. The Labute approximate surface area is 264 Å². The summed E-state index contributed by atoms with van der Waals surface area (Å²) in [6.45, 7) is 5.65. The Kier molecular flexibility index (Phi) is 8.87. The smallest absolute Gasteiger partial charge is 0.416 e. The highest BCUT2D eigenvalue weighted by atomic mass is 35.5. The predicted molar refractivity (Wildman–Crippen MR) is 162 cm³/mol. The second kappa shape index (κ2) is 12.2. The number of carbonyl (C=O) groups is 1. The second-order valence-electron chi connectivity index (χ2n) is 11.3. The van der Waals surface area contributed by atoms with Gasteiger partial charge in [-0.1, -0.05) is 46.7 Å². The van der Waals surface area contributed by atoms with E-state index in [1.165, 1.54) is 17.0 Å². The van der Waals surface area contributed by atoms with Gasteiger partial charge in [-0.05, 0) is 61.4 Å². The topological polar surface area (TPSA) is 111 Å².